The Bertz CT molecular complexity index is 1600. The average molecular weight is 601 g/mol. The largest absolute Gasteiger partial charge is 0.444 e. The molecule has 1 saturated heterocycles. The molecule has 2 aromatic heterocycles. The molecule has 1 saturated carbocycles. The van der Waals surface area contributed by atoms with Crippen LogP contribution in [0.1, 0.15) is 88.2 Å². The van der Waals surface area contributed by atoms with Crippen LogP contribution >= 0.6 is 0 Å². The van der Waals surface area contributed by atoms with Crippen molar-refractivity contribution in [3.8, 4) is 0 Å². The molecular formula is C34H44N6O4. The third-order valence-corrected chi connectivity index (χ3v) is 9.43. The Labute approximate surface area is 259 Å². The number of nitrogens with zero attached hydrogens (tertiary/aromatic N) is 5. The Hall–Kier alpha value is -3.95. The second-order valence-corrected chi connectivity index (χ2v) is 13.9. The van der Waals surface area contributed by atoms with Gasteiger partial charge in [0.1, 0.15) is 17.2 Å². The molecule has 44 heavy (non-hydrogen) atoms. The zero-order valence-electron chi connectivity index (χ0n) is 26.7. The molecular weight excluding hydrogens is 556 g/mol. The summed E-state index contributed by atoms with van der Waals surface area (Å²) in [5, 5.41) is 7.81. The first-order valence-electron chi connectivity index (χ1n) is 15.8. The van der Waals surface area contributed by atoms with Crippen molar-refractivity contribution in [3.63, 3.8) is 0 Å². The van der Waals surface area contributed by atoms with Crippen molar-refractivity contribution >= 4 is 29.2 Å². The van der Waals surface area contributed by atoms with Crippen molar-refractivity contribution in [2.75, 3.05) is 25.0 Å². The van der Waals surface area contributed by atoms with E-state index in [0.29, 0.717) is 18.6 Å². The number of alkyl carbamates (subject to hydrolysis) is 1. The monoisotopic (exact) mass is 600 g/mol. The van der Waals surface area contributed by atoms with Crippen LogP contribution in [0, 0.1) is 12.8 Å². The van der Waals surface area contributed by atoms with Crippen molar-refractivity contribution in [1.29, 1.82) is 0 Å². The fraction of sp³-hybridized carbons (Fsp3) is 0.559. The molecule has 2 fully saturated rings. The number of carbonyl (C=O) groups excluding carboxylic acids is 3. The number of rotatable bonds is 8. The van der Waals surface area contributed by atoms with E-state index in [4.69, 9.17) is 14.8 Å². The molecule has 3 heterocycles. The highest BCUT2D eigenvalue weighted by Gasteiger charge is 2.50. The molecule has 0 radical (unpaired) electrons. The molecule has 1 unspecified atom stereocenters. The van der Waals surface area contributed by atoms with Crippen LogP contribution in [0.15, 0.2) is 36.5 Å². The Morgan fingerprint density at radius 2 is 1.93 bits per heavy atom. The van der Waals surface area contributed by atoms with Crippen molar-refractivity contribution in [2.45, 2.75) is 96.2 Å². The number of carbonyl (C=O) groups is 3. The lowest BCUT2D eigenvalue weighted by atomic mass is 9.75. The summed E-state index contributed by atoms with van der Waals surface area (Å²) in [6, 6.07) is 9.69. The molecule has 1 aromatic carbocycles. The maximum absolute atomic E-state index is 14.4. The van der Waals surface area contributed by atoms with Gasteiger partial charge in [-0.15, -0.1) is 0 Å². The van der Waals surface area contributed by atoms with Crippen molar-refractivity contribution < 1.29 is 19.1 Å². The normalized spacial score (nSPS) is 22.1. The topological polar surface area (TPSA) is 109 Å². The fourth-order valence-corrected chi connectivity index (χ4v) is 6.82. The molecule has 6 rings (SSSR count). The van der Waals surface area contributed by atoms with Gasteiger partial charge in [-0.2, -0.15) is 5.10 Å². The van der Waals surface area contributed by atoms with E-state index in [9.17, 15) is 14.4 Å². The molecule has 1 N–H and O–H groups in total. The quantitative estimate of drug-likeness (QED) is 0.391. The van der Waals surface area contributed by atoms with Crippen LogP contribution in [0.2, 0.25) is 0 Å². The maximum Gasteiger partial charge on any atom is 0.407 e. The van der Waals surface area contributed by atoms with E-state index in [1.165, 1.54) is 0 Å². The standard InChI is InChI=1S/C34H44N6O4/c1-21-19-40-29(36-30(21)39-16-14-25(20-39)35-32(43)44-33(3,4)5)17-27(37-40)22(2)38(6)31(42)34(18-28(41)24-11-12-24)15-13-23-9-7-8-10-26(23)34/h7-10,17,19,22,24-25H,11-16,18,20H2,1-6H3,(H,35,43)/t22-,25-,34?/m0/s1. The molecule has 234 valence electrons. The smallest absolute Gasteiger partial charge is 0.407 e. The molecule has 3 aromatic rings. The van der Waals surface area contributed by atoms with Crippen molar-refractivity contribution in [3.05, 3.63) is 58.9 Å². The number of aryl methyl sites for hydroxylation is 2. The van der Waals surface area contributed by atoms with E-state index in [-0.39, 0.29) is 36.1 Å². The molecule has 3 atom stereocenters. The predicted octanol–water partition coefficient (Wildman–Crippen LogP) is 4.91. The number of hydrogen-bond donors (Lipinski definition) is 1. The van der Waals surface area contributed by atoms with Crippen LogP contribution < -0.4 is 10.2 Å². The Kier molecular flexibility index (Phi) is 7.66. The van der Waals surface area contributed by atoms with Gasteiger partial charge < -0.3 is 19.9 Å². The SMILES string of the molecule is Cc1cn2nc([C@H](C)N(C)C(=O)C3(CC(=O)C4CC4)CCc4ccccc43)cc2nc1N1CC[C@H](NC(=O)OC(C)(C)C)C1. The number of amides is 2. The van der Waals surface area contributed by atoms with Gasteiger partial charge in [0.15, 0.2) is 5.65 Å². The number of Topliss-reactive ketones (excluding diaryl/α,β-unsaturated/α-hetero) is 1. The van der Waals surface area contributed by atoms with E-state index in [1.54, 1.807) is 9.42 Å². The number of hydrogen-bond acceptors (Lipinski definition) is 7. The number of likely N-dealkylation sites (N-methyl/N-ethyl adjacent to an activating group) is 1. The number of nitrogens with one attached hydrogen (secondary N) is 1. The van der Waals surface area contributed by atoms with Crippen molar-refractivity contribution in [1.82, 2.24) is 24.8 Å². The Morgan fingerprint density at radius 3 is 2.66 bits per heavy atom. The zero-order chi connectivity index (χ0) is 31.4. The van der Waals surface area contributed by atoms with Gasteiger partial charge in [-0.05, 0) is 77.8 Å². The Balaban J connectivity index is 1.20. The number of ether oxygens (including phenoxy) is 1. The highest BCUT2D eigenvalue weighted by molar-refractivity contribution is 5.96. The number of ketones is 1. The molecule has 10 nitrogen and oxygen atoms in total. The second kappa shape index (κ2) is 11.2. The predicted molar refractivity (Wildman–Crippen MR) is 168 cm³/mol. The molecule has 0 bridgehead atoms. The lowest BCUT2D eigenvalue weighted by molar-refractivity contribution is -0.141. The van der Waals surface area contributed by atoms with Gasteiger partial charge in [0, 0.05) is 50.3 Å². The van der Waals surface area contributed by atoms with E-state index in [2.05, 4.69) is 16.3 Å². The summed E-state index contributed by atoms with van der Waals surface area (Å²) in [6.45, 7) is 11.0. The highest BCUT2D eigenvalue weighted by atomic mass is 16.6. The van der Waals surface area contributed by atoms with Gasteiger partial charge in [0.25, 0.3) is 0 Å². The molecule has 1 aliphatic heterocycles. The third kappa shape index (κ3) is 5.78. The number of aromatic nitrogens is 3. The van der Waals surface area contributed by atoms with Crippen LogP contribution in [-0.4, -0.2) is 69.1 Å². The lowest BCUT2D eigenvalue weighted by Gasteiger charge is -2.35. The van der Waals surface area contributed by atoms with Crippen LogP contribution in [0.25, 0.3) is 5.65 Å². The highest BCUT2D eigenvalue weighted by Crippen LogP contribution is 2.46. The average Bonchev–Trinajstić information content (AvgIpc) is 3.42. The summed E-state index contributed by atoms with van der Waals surface area (Å²) in [6.07, 6.45) is 5.94. The zero-order valence-corrected chi connectivity index (χ0v) is 26.7. The summed E-state index contributed by atoms with van der Waals surface area (Å²) >= 11 is 0. The molecule has 2 amide bonds. The molecule has 3 aliphatic rings. The summed E-state index contributed by atoms with van der Waals surface area (Å²) in [4.78, 5) is 48.7. The summed E-state index contributed by atoms with van der Waals surface area (Å²) in [5.74, 6) is 1.15. The lowest BCUT2D eigenvalue weighted by Crippen LogP contribution is -2.46. The van der Waals surface area contributed by atoms with Gasteiger partial charge in [0.2, 0.25) is 5.91 Å². The molecule has 2 aliphatic carbocycles. The summed E-state index contributed by atoms with van der Waals surface area (Å²) in [7, 11) is 1.83. The van der Waals surface area contributed by atoms with Gasteiger partial charge in [0.05, 0.1) is 23.2 Å². The number of benzene rings is 1. The second-order valence-electron chi connectivity index (χ2n) is 13.9. The van der Waals surface area contributed by atoms with E-state index < -0.39 is 17.1 Å². The maximum atomic E-state index is 14.4. The summed E-state index contributed by atoms with van der Waals surface area (Å²) < 4.78 is 7.20. The van der Waals surface area contributed by atoms with E-state index in [1.807, 2.05) is 72.1 Å². The van der Waals surface area contributed by atoms with Crippen LogP contribution in [0.5, 0.6) is 0 Å². The number of fused-ring (bicyclic) bond motifs is 2. The molecule has 0 spiro atoms. The van der Waals surface area contributed by atoms with Crippen molar-refractivity contribution in [2.24, 2.45) is 5.92 Å². The van der Waals surface area contributed by atoms with Gasteiger partial charge in [-0.25, -0.2) is 14.3 Å². The minimum absolute atomic E-state index is 0.0218. The van der Waals surface area contributed by atoms with E-state index >= 15 is 0 Å². The fourth-order valence-electron chi connectivity index (χ4n) is 6.82. The first-order valence-corrected chi connectivity index (χ1v) is 15.8. The summed E-state index contributed by atoms with van der Waals surface area (Å²) in [5.41, 5.74) is 3.20. The van der Waals surface area contributed by atoms with Gasteiger partial charge in [-0.1, -0.05) is 24.3 Å². The minimum atomic E-state index is -0.833. The first kappa shape index (κ1) is 30.1. The number of anilines is 1. The van der Waals surface area contributed by atoms with E-state index in [0.717, 1.165) is 60.4 Å². The minimum Gasteiger partial charge on any atom is -0.444 e. The third-order valence-electron chi connectivity index (χ3n) is 9.43. The van der Waals surface area contributed by atoms with Crippen LogP contribution in [0.3, 0.4) is 0 Å². The van der Waals surface area contributed by atoms with Gasteiger partial charge in [-0.3, -0.25) is 9.59 Å². The van der Waals surface area contributed by atoms with Gasteiger partial charge >= 0.3 is 6.09 Å². The Morgan fingerprint density at radius 1 is 1.18 bits per heavy atom. The van der Waals surface area contributed by atoms with Crippen LogP contribution in [-0.2, 0) is 26.2 Å². The molecule has 10 heteroatoms. The first-order chi connectivity index (χ1) is 20.8. The van der Waals surface area contributed by atoms with Crippen LogP contribution in [0.4, 0.5) is 10.6 Å².